The first-order valence-electron chi connectivity index (χ1n) is 8.45. The van der Waals surface area contributed by atoms with Crippen LogP contribution in [0.25, 0.3) is 5.57 Å². The fourth-order valence-electron chi connectivity index (χ4n) is 3.03. The van der Waals surface area contributed by atoms with Crippen LogP contribution in [0.1, 0.15) is 39.7 Å². The fourth-order valence-corrected chi connectivity index (χ4v) is 4.63. The van der Waals surface area contributed by atoms with Crippen molar-refractivity contribution in [1.29, 1.82) is 0 Å². The molecular formula is C20H30O3Si. The molecule has 1 fully saturated rings. The lowest BCUT2D eigenvalue weighted by molar-refractivity contribution is -0.148. The van der Waals surface area contributed by atoms with Gasteiger partial charge in [0, 0.05) is 0 Å². The lowest BCUT2D eigenvalue weighted by atomic mass is 9.93. The number of hydrogen-bond donors (Lipinski definition) is 0. The number of methoxy groups -OCH3 is 1. The van der Waals surface area contributed by atoms with Crippen molar-refractivity contribution in [2.45, 2.75) is 57.8 Å². The second-order valence-electron chi connectivity index (χ2n) is 8.53. The molecule has 0 spiro atoms. The van der Waals surface area contributed by atoms with E-state index in [1.807, 2.05) is 37.3 Å². The Kier molecular flexibility index (Phi) is 4.62. The summed E-state index contributed by atoms with van der Waals surface area (Å²) < 4.78 is 11.9. The first-order valence-corrected chi connectivity index (χ1v) is 11.4. The van der Waals surface area contributed by atoms with Crippen LogP contribution in [0.4, 0.5) is 0 Å². The minimum atomic E-state index is -2.09. The summed E-state index contributed by atoms with van der Waals surface area (Å²) in [5, 5.41) is 0.0522. The maximum atomic E-state index is 12.5. The highest BCUT2D eigenvalue weighted by atomic mass is 28.4. The average molecular weight is 347 g/mol. The van der Waals surface area contributed by atoms with Crippen LogP contribution >= 0.6 is 0 Å². The zero-order valence-electron chi connectivity index (χ0n) is 16.0. The van der Waals surface area contributed by atoms with Gasteiger partial charge in [-0.15, -0.1) is 0 Å². The lowest BCUT2D eigenvalue weighted by Crippen LogP contribution is -2.47. The molecule has 1 saturated carbocycles. The second kappa shape index (κ2) is 5.85. The van der Waals surface area contributed by atoms with Crippen molar-refractivity contribution in [3.05, 3.63) is 42.5 Å². The largest absolute Gasteiger partial charge is 0.469 e. The van der Waals surface area contributed by atoms with Crippen LogP contribution in [0.15, 0.2) is 36.9 Å². The zero-order valence-corrected chi connectivity index (χ0v) is 17.0. The van der Waals surface area contributed by atoms with E-state index in [2.05, 4.69) is 40.4 Å². The summed E-state index contributed by atoms with van der Waals surface area (Å²) in [6.07, 6.45) is 0.618. The van der Waals surface area contributed by atoms with Gasteiger partial charge in [-0.25, -0.2) is 0 Å². The van der Waals surface area contributed by atoms with Crippen LogP contribution in [0, 0.1) is 5.41 Å². The van der Waals surface area contributed by atoms with Crippen molar-refractivity contribution < 1.29 is 14.0 Å². The summed E-state index contributed by atoms with van der Waals surface area (Å²) >= 11 is 0. The molecule has 0 amide bonds. The summed E-state index contributed by atoms with van der Waals surface area (Å²) in [6, 6.07) is 9.99. The Morgan fingerprint density at radius 3 is 2.21 bits per heavy atom. The quantitative estimate of drug-likeness (QED) is 0.553. The molecule has 4 heteroatoms. The van der Waals surface area contributed by atoms with Gasteiger partial charge >= 0.3 is 5.97 Å². The van der Waals surface area contributed by atoms with Gasteiger partial charge in [0.2, 0.25) is 0 Å². The molecule has 132 valence electrons. The van der Waals surface area contributed by atoms with Crippen molar-refractivity contribution in [2.75, 3.05) is 7.11 Å². The lowest BCUT2D eigenvalue weighted by Gasteiger charge is -2.41. The third-order valence-corrected chi connectivity index (χ3v) is 10.3. The predicted molar refractivity (Wildman–Crippen MR) is 101 cm³/mol. The number of carbonyl (C=O) groups is 1. The Morgan fingerprint density at radius 2 is 1.75 bits per heavy atom. The number of benzene rings is 1. The molecule has 1 aromatic carbocycles. The number of ether oxygens (including phenoxy) is 1. The van der Waals surface area contributed by atoms with E-state index in [4.69, 9.17) is 9.16 Å². The molecule has 0 radical (unpaired) electrons. The molecule has 1 aliphatic rings. The van der Waals surface area contributed by atoms with Crippen molar-refractivity contribution in [1.82, 2.24) is 0 Å². The molecular weight excluding hydrogens is 316 g/mol. The maximum Gasteiger partial charge on any atom is 0.314 e. The highest BCUT2D eigenvalue weighted by molar-refractivity contribution is 6.74. The van der Waals surface area contributed by atoms with Gasteiger partial charge in [-0.3, -0.25) is 4.79 Å². The molecule has 0 aromatic heterocycles. The first-order chi connectivity index (χ1) is 10.9. The van der Waals surface area contributed by atoms with Gasteiger partial charge in [0.1, 0.15) is 5.41 Å². The normalized spacial score (nSPS) is 26.8. The maximum absolute atomic E-state index is 12.5. The van der Waals surface area contributed by atoms with E-state index >= 15 is 0 Å². The highest BCUT2D eigenvalue weighted by Gasteiger charge is 2.74. The third-order valence-electron chi connectivity index (χ3n) is 5.85. The van der Waals surface area contributed by atoms with E-state index < -0.39 is 19.3 Å². The van der Waals surface area contributed by atoms with Crippen molar-refractivity contribution in [3.63, 3.8) is 0 Å². The van der Waals surface area contributed by atoms with Crippen LogP contribution in [-0.4, -0.2) is 27.0 Å². The van der Waals surface area contributed by atoms with Crippen LogP contribution in [-0.2, 0) is 14.0 Å². The van der Waals surface area contributed by atoms with Crippen LogP contribution in [0.5, 0.6) is 0 Å². The Hall–Kier alpha value is -1.39. The molecule has 1 aliphatic carbocycles. The monoisotopic (exact) mass is 346 g/mol. The van der Waals surface area contributed by atoms with E-state index in [-0.39, 0.29) is 11.0 Å². The predicted octanol–water partition coefficient (Wildman–Crippen LogP) is 5.04. The van der Waals surface area contributed by atoms with Gasteiger partial charge < -0.3 is 9.16 Å². The smallest absolute Gasteiger partial charge is 0.314 e. The van der Waals surface area contributed by atoms with Crippen LogP contribution < -0.4 is 0 Å². The van der Waals surface area contributed by atoms with Gasteiger partial charge in [0.05, 0.1) is 12.7 Å². The number of carbonyl (C=O) groups excluding carboxylic acids is 1. The molecule has 3 nitrogen and oxygen atoms in total. The molecule has 0 bridgehead atoms. The minimum absolute atomic E-state index is 0.0522. The van der Waals surface area contributed by atoms with Gasteiger partial charge in [-0.05, 0) is 42.6 Å². The Bertz CT molecular complexity index is 645. The molecule has 0 N–H and O–H groups in total. The fraction of sp³-hybridized carbons (Fsp3) is 0.550. The number of hydrogen-bond acceptors (Lipinski definition) is 3. The van der Waals surface area contributed by atoms with Gasteiger partial charge in [-0.2, -0.15) is 0 Å². The van der Waals surface area contributed by atoms with Gasteiger partial charge in [0.25, 0.3) is 0 Å². The molecule has 2 rings (SSSR count). The minimum Gasteiger partial charge on any atom is -0.469 e. The molecule has 0 aliphatic heterocycles. The first kappa shape index (κ1) is 18.9. The Labute approximate surface area is 147 Å². The Morgan fingerprint density at radius 1 is 1.21 bits per heavy atom. The summed E-state index contributed by atoms with van der Waals surface area (Å²) in [6.45, 7) is 17.3. The molecule has 1 aromatic rings. The Balaban J connectivity index is 2.46. The molecule has 2 unspecified atom stereocenters. The standard InChI is InChI=1S/C20H30O3Si/c1-15(16-12-10-9-11-13-16)20(14-19(20,5)17(21)22-6)23-24(7,8)18(2,3)4/h9-13H,1,14H2,2-8H3. The van der Waals surface area contributed by atoms with Crippen LogP contribution in [0.2, 0.25) is 18.1 Å². The molecule has 24 heavy (non-hydrogen) atoms. The van der Waals surface area contributed by atoms with Gasteiger partial charge in [-0.1, -0.05) is 57.7 Å². The number of rotatable bonds is 5. The third kappa shape index (κ3) is 2.86. The van der Waals surface area contributed by atoms with Crippen LogP contribution in [0.3, 0.4) is 0 Å². The zero-order chi connectivity index (χ0) is 18.4. The SMILES string of the molecule is C=C(c1ccccc1)C1(O[Si](C)(C)C(C)(C)C)CC1(C)C(=O)OC. The highest BCUT2D eigenvalue weighted by Crippen LogP contribution is 2.66. The second-order valence-corrected chi connectivity index (χ2v) is 13.3. The van der Waals surface area contributed by atoms with E-state index in [1.54, 1.807) is 0 Å². The van der Waals surface area contributed by atoms with Crippen molar-refractivity contribution in [2.24, 2.45) is 5.41 Å². The van der Waals surface area contributed by atoms with E-state index in [1.165, 1.54) is 7.11 Å². The molecule has 0 saturated heterocycles. The van der Waals surface area contributed by atoms with E-state index in [0.717, 1.165) is 11.1 Å². The molecule has 0 heterocycles. The summed E-state index contributed by atoms with van der Waals surface area (Å²) in [5.41, 5.74) is 0.541. The van der Waals surface area contributed by atoms with Crippen molar-refractivity contribution >= 4 is 19.9 Å². The van der Waals surface area contributed by atoms with Crippen molar-refractivity contribution in [3.8, 4) is 0 Å². The van der Waals surface area contributed by atoms with E-state index in [9.17, 15) is 4.79 Å². The van der Waals surface area contributed by atoms with Gasteiger partial charge in [0.15, 0.2) is 8.32 Å². The summed E-state index contributed by atoms with van der Waals surface area (Å²) in [5.74, 6) is -0.224. The topological polar surface area (TPSA) is 35.5 Å². The van der Waals surface area contributed by atoms with E-state index in [0.29, 0.717) is 6.42 Å². The number of esters is 1. The summed E-state index contributed by atoms with van der Waals surface area (Å²) in [4.78, 5) is 12.5. The average Bonchev–Trinajstić information content (AvgIpc) is 3.11. The molecule has 2 atom stereocenters. The summed E-state index contributed by atoms with van der Waals surface area (Å²) in [7, 11) is -0.651.